The number of phenols is 1. The van der Waals surface area contributed by atoms with Gasteiger partial charge < -0.3 is 16.6 Å². The molecule has 5 N–H and O–H groups in total. The average Bonchev–Trinajstić information content (AvgIpc) is 2.57. The summed E-state index contributed by atoms with van der Waals surface area (Å²) < 4.78 is 64.8. The van der Waals surface area contributed by atoms with Crippen LogP contribution in [0.25, 0.3) is 0 Å². The molecule has 0 spiro atoms. The van der Waals surface area contributed by atoms with Crippen molar-refractivity contribution in [2.45, 2.75) is 20.5 Å². The number of allylic oxidation sites excluding steroid dienone is 1. The van der Waals surface area contributed by atoms with Crippen molar-refractivity contribution in [3.8, 4) is 5.75 Å². The minimum Gasteiger partial charge on any atom is -0.505 e. The van der Waals surface area contributed by atoms with E-state index in [1.165, 1.54) is 12.1 Å². The Morgan fingerprint density at radius 3 is 1.33 bits per heavy atom. The second kappa shape index (κ2) is 12.9. The highest BCUT2D eigenvalue weighted by atomic mass is 35.5. The molecular weight excluding hydrogens is 504 g/mol. The topological polar surface area (TPSA) is 72.3 Å². The third-order valence-electron chi connectivity index (χ3n) is 2.76. The number of aromatic hydroxyl groups is 1. The normalized spacial score (nSPS) is 9.97. The van der Waals surface area contributed by atoms with E-state index in [-0.39, 0.29) is 23.2 Å². The van der Waals surface area contributed by atoms with E-state index >= 15 is 0 Å². The SMILES string of the molecule is C.Cc1c(Cl)cc(N)cc1Cl.FC(F)=C(F)C(F)(F)F.Nc1cc(Cl)c(O)c(Cl)c1. The summed E-state index contributed by atoms with van der Waals surface area (Å²) in [4.78, 5) is 0. The second-order valence-corrected chi connectivity index (χ2v) is 6.64. The van der Waals surface area contributed by atoms with Gasteiger partial charge in [0.05, 0.1) is 10.0 Å². The van der Waals surface area contributed by atoms with E-state index in [0.717, 1.165) is 5.56 Å². The maximum Gasteiger partial charge on any atom is 0.448 e. The molecule has 0 atom stereocenters. The number of rotatable bonds is 0. The van der Waals surface area contributed by atoms with E-state index in [1.807, 2.05) is 6.92 Å². The van der Waals surface area contributed by atoms with Crippen LogP contribution < -0.4 is 11.5 Å². The summed E-state index contributed by atoms with van der Waals surface area (Å²) in [5, 5.41) is 10.6. The fourth-order valence-corrected chi connectivity index (χ4v) is 2.37. The van der Waals surface area contributed by atoms with Crippen LogP contribution in [0.1, 0.15) is 13.0 Å². The fraction of sp³-hybridized carbons (Fsp3) is 0.176. The molecule has 2 aromatic carbocycles. The molecule has 2 rings (SSSR count). The highest BCUT2D eigenvalue weighted by Crippen LogP contribution is 2.33. The lowest BCUT2D eigenvalue weighted by Gasteiger charge is -2.01. The maximum absolute atomic E-state index is 11.0. The fourth-order valence-electron chi connectivity index (χ4n) is 1.36. The van der Waals surface area contributed by atoms with Crippen LogP contribution in [0.3, 0.4) is 0 Å². The van der Waals surface area contributed by atoms with Crippen molar-refractivity contribution in [2.24, 2.45) is 0 Å². The van der Waals surface area contributed by atoms with Crippen LogP contribution in [0.4, 0.5) is 37.7 Å². The number of phenolic OH excluding ortho intramolecular Hbond substituents is 1. The Bertz CT molecular complexity index is 786. The third kappa shape index (κ3) is 10.4. The zero-order chi connectivity index (χ0) is 23.1. The minimum absolute atomic E-state index is 0. The number of hydrogen-bond acceptors (Lipinski definition) is 3. The Balaban J connectivity index is 0. The number of nitrogens with two attached hydrogens (primary N) is 2. The van der Waals surface area contributed by atoms with Crippen molar-refractivity contribution in [1.29, 1.82) is 0 Å². The summed E-state index contributed by atoms with van der Waals surface area (Å²) in [5.74, 6) is -3.46. The van der Waals surface area contributed by atoms with E-state index in [0.29, 0.717) is 21.4 Å². The van der Waals surface area contributed by atoms with Crippen molar-refractivity contribution in [2.75, 3.05) is 11.5 Å². The van der Waals surface area contributed by atoms with Gasteiger partial charge in [0, 0.05) is 21.4 Å². The van der Waals surface area contributed by atoms with Crippen LogP contribution in [0.5, 0.6) is 5.75 Å². The molecule has 0 heterocycles. The Morgan fingerprint density at radius 2 is 1.10 bits per heavy atom. The van der Waals surface area contributed by atoms with E-state index < -0.39 is 18.1 Å². The van der Waals surface area contributed by atoms with Crippen LogP contribution in [0, 0.1) is 6.92 Å². The Morgan fingerprint density at radius 1 is 0.800 bits per heavy atom. The molecule has 0 radical (unpaired) electrons. The molecule has 0 fully saturated rings. The van der Waals surface area contributed by atoms with Gasteiger partial charge in [0.15, 0.2) is 5.75 Å². The molecule has 170 valence electrons. The second-order valence-electron chi connectivity index (χ2n) is 5.01. The lowest BCUT2D eigenvalue weighted by Crippen LogP contribution is -2.08. The van der Waals surface area contributed by atoms with Gasteiger partial charge in [-0.3, -0.25) is 0 Å². The van der Waals surface area contributed by atoms with Gasteiger partial charge in [0.25, 0.3) is 5.83 Å². The first kappa shape index (κ1) is 30.5. The first-order chi connectivity index (χ1) is 13.1. The average molecular weight is 520 g/mol. The zero-order valence-electron chi connectivity index (χ0n) is 14.2. The van der Waals surface area contributed by atoms with E-state index in [1.54, 1.807) is 12.1 Å². The van der Waals surface area contributed by atoms with Crippen molar-refractivity contribution in [3.63, 3.8) is 0 Å². The van der Waals surface area contributed by atoms with Crippen LogP contribution in [-0.2, 0) is 0 Å². The Kier molecular flexibility index (Phi) is 13.1. The molecule has 0 aliphatic carbocycles. The zero-order valence-corrected chi connectivity index (χ0v) is 17.2. The molecule has 30 heavy (non-hydrogen) atoms. The molecule has 0 bridgehead atoms. The molecule has 0 saturated heterocycles. The number of alkyl halides is 3. The number of hydrogen-bond donors (Lipinski definition) is 3. The quantitative estimate of drug-likeness (QED) is 0.186. The summed E-state index contributed by atoms with van der Waals surface area (Å²) in [5.41, 5.74) is 12.7. The third-order valence-corrected chi connectivity index (χ3v) is 4.12. The molecule has 0 saturated carbocycles. The minimum atomic E-state index is -5.56. The van der Waals surface area contributed by atoms with Gasteiger partial charge in [-0.15, -0.1) is 0 Å². The van der Waals surface area contributed by atoms with Crippen molar-refractivity contribution in [3.05, 3.63) is 61.8 Å². The van der Waals surface area contributed by atoms with Gasteiger partial charge in [0.2, 0.25) is 0 Å². The predicted octanol–water partition coefficient (Wildman–Crippen LogP) is 8.43. The van der Waals surface area contributed by atoms with Gasteiger partial charge in [-0.1, -0.05) is 53.8 Å². The standard InChI is InChI=1S/C7H7Cl2N.C6H5Cl2NO.C3F6.CH4/c1-4-6(8)2-5(10)3-7(4)9;7-4-1-3(9)2-5(8)6(4)10;4-1(2(5)6)3(7,8)9;/h2-3H,10H2,1H3;1-2,10H,9H2;;1H4. The Labute approximate surface area is 188 Å². The van der Waals surface area contributed by atoms with E-state index in [4.69, 9.17) is 63.0 Å². The maximum atomic E-state index is 11.0. The number of anilines is 2. The molecule has 2 aromatic rings. The number of benzene rings is 2. The largest absolute Gasteiger partial charge is 0.505 e. The van der Waals surface area contributed by atoms with Gasteiger partial charge in [-0.05, 0) is 36.8 Å². The molecule has 13 heteroatoms. The summed E-state index contributed by atoms with van der Waals surface area (Å²) in [6.07, 6.45) is -8.90. The van der Waals surface area contributed by atoms with Gasteiger partial charge in [0.1, 0.15) is 0 Å². The Hall–Kier alpha value is -1.68. The summed E-state index contributed by atoms with van der Waals surface area (Å²) in [7, 11) is 0. The lowest BCUT2D eigenvalue weighted by molar-refractivity contribution is -0.113. The number of halogens is 10. The lowest BCUT2D eigenvalue weighted by atomic mass is 10.2. The van der Waals surface area contributed by atoms with Crippen molar-refractivity contribution < 1.29 is 31.4 Å². The molecular formula is C17H16Cl4F6N2O. The van der Waals surface area contributed by atoms with Crippen molar-refractivity contribution in [1.82, 2.24) is 0 Å². The predicted molar refractivity (Wildman–Crippen MR) is 111 cm³/mol. The smallest absolute Gasteiger partial charge is 0.448 e. The summed E-state index contributed by atoms with van der Waals surface area (Å²) >= 11 is 22.5. The molecule has 0 aliphatic heterocycles. The molecule has 0 aromatic heterocycles. The monoisotopic (exact) mass is 518 g/mol. The van der Waals surface area contributed by atoms with Crippen LogP contribution in [0.2, 0.25) is 20.1 Å². The van der Waals surface area contributed by atoms with Gasteiger partial charge in [-0.2, -0.15) is 26.3 Å². The van der Waals surface area contributed by atoms with Crippen molar-refractivity contribution >= 4 is 57.8 Å². The first-order valence-corrected chi connectivity index (χ1v) is 8.51. The molecule has 0 amide bonds. The van der Waals surface area contributed by atoms with Gasteiger partial charge >= 0.3 is 12.3 Å². The number of nitrogen functional groups attached to an aromatic ring is 2. The molecule has 0 unspecified atom stereocenters. The molecule has 3 nitrogen and oxygen atoms in total. The highest BCUT2D eigenvalue weighted by molar-refractivity contribution is 6.37. The first-order valence-electron chi connectivity index (χ1n) is 7.00. The van der Waals surface area contributed by atoms with Crippen LogP contribution in [-0.4, -0.2) is 11.3 Å². The van der Waals surface area contributed by atoms with Gasteiger partial charge in [-0.25, -0.2) is 0 Å². The van der Waals surface area contributed by atoms with E-state index in [9.17, 15) is 26.3 Å². The highest BCUT2D eigenvalue weighted by Gasteiger charge is 2.38. The van der Waals surface area contributed by atoms with E-state index in [2.05, 4.69) is 0 Å². The summed E-state index contributed by atoms with van der Waals surface area (Å²) in [6.45, 7) is 1.85. The van der Waals surface area contributed by atoms with Crippen LogP contribution >= 0.6 is 46.4 Å². The summed E-state index contributed by atoms with van der Waals surface area (Å²) in [6, 6.07) is 6.23. The van der Waals surface area contributed by atoms with Crippen LogP contribution in [0.15, 0.2) is 36.2 Å². The molecule has 0 aliphatic rings.